The summed E-state index contributed by atoms with van der Waals surface area (Å²) in [5.74, 6) is 0.293. The van der Waals surface area contributed by atoms with Gasteiger partial charge >= 0.3 is 0 Å². The van der Waals surface area contributed by atoms with Crippen molar-refractivity contribution < 1.29 is 17.9 Å². The third-order valence-electron chi connectivity index (χ3n) is 3.83. The first-order chi connectivity index (χ1) is 12.8. The van der Waals surface area contributed by atoms with Crippen LogP contribution in [0.15, 0.2) is 47.4 Å². The Kier molecular flexibility index (Phi) is 7.49. The fourth-order valence-corrected chi connectivity index (χ4v) is 4.48. The summed E-state index contributed by atoms with van der Waals surface area (Å²) >= 11 is 11.9. The van der Waals surface area contributed by atoms with Crippen LogP contribution in [0.3, 0.4) is 0 Å². The second kappa shape index (κ2) is 9.41. The molecule has 0 aliphatic heterocycles. The Balaban J connectivity index is 2.06. The topological polar surface area (TPSA) is 75.7 Å². The maximum atomic E-state index is 12.8. The maximum Gasteiger partial charge on any atom is 0.245 e. The summed E-state index contributed by atoms with van der Waals surface area (Å²) in [7, 11) is -2.38. The van der Waals surface area contributed by atoms with Crippen LogP contribution in [0.2, 0.25) is 10.0 Å². The molecule has 2 aromatic rings. The van der Waals surface area contributed by atoms with Gasteiger partial charge in [-0.1, -0.05) is 42.3 Å². The number of carbonyl (C=O) groups is 1. The molecule has 2 aromatic carbocycles. The molecule has 0 atom stereocenters. The van der Waals surface area contributed by atoms with E-state index in [4.69, 9.17) is 27.9 Å². The first kappa shape index (κ1) is 21.5. The van der Waals surface area contributed by atoms with Gasteiger partial charge in [0.2, 0.25) is 15.9 Å². The van der Waals surface area contributed by atoms with E-state index in [0.29, 0.717) is 5.75 Å². The van der Waals surface area contributed by atoms with Crippen molar-refractivity contribution in [1.82, 2.24) is 9.62 Å². The molecule has 6 nitrogen and oxygen atoms in total. The van der Waals surface area contributed by atoms with Crippen LogP contribution in [0.5, 0.6) is 5.75 Å². The third kappa shape index (κ3) is 5.59. The van der Waals surface area contributed by atoms with E-state index in [2.05, 4.69) is 5.32 Å². The van der Waals surface area contributed by atoms with E-state index in [0.717, 1.165) is 9.87 Å². The minimum atomic E-state index is -3.95. The highest BCUT2D eigenvalue weighted by molar-refractivity contribution is 7.89. The second-order valence-electron chi connectivity index (χ2n) is 5.63. The zero-order valence-electron chi connectivity index (χ0n) is 14.9. The van der Waals surface area contributed by atoms with Gasteiger partial charge < -0.3 is 10.1 Å². The molecular formula is C18H20Cl2N2O4S. The van der Waals surface area contributed by atoms with Crippen molar-refractivity contribution >= 4 is 39.1 Å². The average molecular weight is 431 g/mol. The summed E-state index contributed by atoms with van der Waals surface area (Å²) in [6, 6.07) is 11.4. The van der Waals surface area contributed by atoms with E-state index in [-0.39, 0.29) is 34.6 Å². The number of hydrogen-bond acceptors (Lipinski definition) is 4. The van der Waals surface area contributed by atoms with Gasteiger partial charge in [-0.3, -0.25) is 4.79 Å². The maximum absolute atomic E-state index is 12.8. The number of carbonyl (C=O) groups excluding carboxylic acids is 1. The number of sulfonamides is 1. The highest BCUT2D eigenvalue weighted by atomic mass is 35.5. The predicted molar refractivity (Wildman–Crippen MR) is 106 cm³/mol. The number of nitrogens with one attached hydrogen (secondary N) is 1. The first-order valence-electron chi connectivity index (χ1n) is 8.12. The van der Waals surface area contributed by atoms with Crippen LogP contribution in [-0.2, 0) is 21.4 Å². The molecule has 0 unspecified atom stereocenters. The Bertz CT molecular complexity index is 902. The molecule has 0 saturated carbocycles. The first-order valence-corrected chi connectivity index (χ1v) is 10.3. The number of hydrogen-bond donors (Lipinski definition) is 1. The van der Waals surface area contributed by atoms with Crippen LogP contribution < -0.4 is 10.1 Å². The molecule has 0 fully saturated rings. The average Bonchev–Trinajstić information content (AvgIpc) is 2.66. The number of methoxy groups -OCH3 is 1. The van der Waals surface area contributed by atoms with E-state index in [1.165, 1.54) is 18.2 Å². The van der Waals surface area contributed by atoms with Crippen LogP contribution in [0.25, 0.3) is 0 Å². The summed E-state index contributed by atoms with van der Waals surface area (Å²) in [5, 5.41) is 3.01. The summed E-state index contributed by atoms with van der Waals surface area (Å²) in [4.78, 5) is 12.1. The Labute approximate surface area is 169 Å². The smallest absolute Gasteiger partial charge is 0.245 e. The molecule has 0 aromatic heterocycles. The van der Waals surface area contributed by atoms with Gasteiger partial charge in [0.1, 0.15) is 10.6 Å². The summed E-state index contributed by atoms with van der Waals surface area (Å²) in [6.07, 6.45) is 0. The molecular weight excluding hydrogens is 411 g/mol. The standard InChI is InChI=1S/C18H20Cl2N2O4S/c1-3-22(27(24,25)17-10-14(19)6-9-16(17)20)12-18(23)21-11-13-4-7-15(26-2)8-5-13/h4-10H,3,11-12H2,1-2H3,(H,21,23). The van der Waals surface area contributed by atoms with Crippen molar-refractivity contribution in [2.75, 3.05) is 20.2 Å². The van der Waals surface area contributed by atoms with E-state index in [9.17, 15) is 13.2 Å². The molecule has 2 rings (SSSR count). The van der Waals surface area contributed by atoms with E-state index in [1.807, 2.05) is 12.1 Å². The van der Waals surface area contributed by atoms with Gasteiger partial charge in [-0.05, 0) is 35.9 Å². The highest BCUT2D eigenvalue weighted by Crippen LogP contribution is 2.27. The normalized spacial score (nSPS) is 11.4. The molecule has 0 bridgehead atoms. The molecule has 0 saturated heterocycles. The number of ether oxygens (including phenoxy) is 1. The van der Waals surface area contributed by atoms with Crippen molar-refractivity contribution in [2.24, 2.45) is 0 Å². The number of halogens is 2. The number of rotatable bonds is 8. The number of nitrogens with zero attached hydrogens (tertiary/aromatic N) is 1. The highest BCUT2D eigenvalue weighted by Gasteiger charge is 2.27. The van der Waals surface area contributed by atoms with Gasteiger partial charge in [-0.15, -0.1) is 0 Å². The molecule has 0 spiro atoms. The van der Waals surface area contributed by atoms with E-state index < -0.39 is 15.9 Å². The third-order valence-corrected chi connectivity index (χ3v) is 6.47. The van der Waals surface area contributed by atoms with Crippen LogP contribution in [0.1, 0.15) is 12.5 Å². The molecule has 0 aliphatic rings. The van der Waals surface area contributed by atoms with E-state index >= 15 is 0 Å². The molecule has 0 radical (unpaired) electrons. The fraction of sp³-hybridized carbons (Fsp3) is 0.278. The van der Waals surface area contributed by atoms with E-state index in [1.54, 1.807) is 26.2 Å². The number of amides is 1. The van der Waals surface area contributed by atoms with Gasteiger partial charge in [0.15, 0.2) is 0 Å². The minimum Gasteiger partial charge on any atom is -0.497 e. The van der Waals surface area contributed by atoms with Crippen molar-refractivity contribution in [3.05, 3.63) is 58.1 Å². The van der Waals surface area contributed by atoms with Crippen LogP contribution in [0, 0.1) is 0 Å². The van der Waals surface area contributed by atoms with Crippen molar-refractivity contribution in [1.29, 1.82) is 0 Å². The Hall–Kier alpha value is -1.80. The van der Waals surface area contributed by atoms with Crippen molar-refractivity contribution in [2.45, 2.75) is 18.4 Å². The van der Waals surface area contributed by atoms with Gasteiger partial charge in [-0.25, -0.2) is 8.42 Å². The molecule has 9 heteroatoms. The molecule has 27 heavy (non-hydrogen) atoms. The largest absolute Gasteiger partial charge is 0.497 e. The molecule has 1 N–H and O–H groups in total. The lowest BCUT2D eigenvalue weighted by Gasteiger charge is -2.21. The summed E-state index contributed by atoms with van der Waals surface area (Å²) in [6.45, 7) is 1.71. The molecule has 1 amide bonds. The van der Waals surface area contributed by atoms with Crippen molar-refractivity contribution in [3.63, 3.8) is 0 Å². The lowest BCUT2D eigenvalue weighted by atomic mass is 10.2. The van der Waals surface area contributed by atoms with Crippen LogP contribution in [0.4, 0.5) is 0 Å². The minimum absolute atomic E-state index is 0.0523. The van der Waals surface area contributed by atoms with Crippen LogP contribution >= 0.6 is 23.2 Å². The SMILES string of the molecule is CCN(CC(=O)NCc1ccc(OC)cc1)S(=O)(=O)c1cc(Cl)ccc1Cl. The number of benzene rings is 2. The zero-order chi connectivity index (χ0) is 20.0. The van der Waals surface area contributed by atoms with Gasteiger partial charge in [0.05, 0.1) is 18.7 Å². The van der Waals surface area contributed by atoms with Crippen molar-refractivity contribution in [3.8, 4) is 5.75 Å². The van der Waals surface area contributed by atoms with Gasteiger partial charge in [-0.2, -0.15) is 4.31 Å². The Morgan fingerprint density at radius 3 is 2.41 bits per heavy atom. The predicted octanol–water partition coefficient (Wildman–Crippen LogP) is 3.33. The lowest BCUT2D eigenvalue weighted by Crippen LogP contribution is -2.40. The molecule has 0 heterocycles. The number of likely N-dealkylation sites (N-methyl/N-ethyl adjacent to an activating group) is 1. The zero-order valence-corrected chi connectivity index (χ0v) is 17.2. The van der Waals surface area contributed by atoms with Gasteiger partial charge in [0.25, 0.3) is 0 Å². The quantitative estimate of drug-likeness (QED) is 0.696. The summed E-state index contributed by atoms with van der Waals surface area (Å²) in [5.41, 5.74) is 0.868. The Morgan fingerprint density at radius 2 is 1.81 bits per heavy atom. The van der Waals surface area contributed by atoms with Crippen LogP contribution in [-0.4, -0.2) is 38.8 Å². The monoisotopic (exact) mass is 430 g/mol. The second-order valence-corrected chi connectivity index (χ2v) is 8.38. The Morgan fingerprint density at radius 1 is 1.15 bits per heavy atom. The van der Waals surface area contributed by atoms with Gasteiger partial charge in [0, 0.05) is 18.1 Å². The molecule has 146 valence electrons. The lowest BCUT2D eigenvalue weighted by molar-refractivity contribution is -0.121. The summed E-state index contributed by atoms with van der Waals surface area (Å²) < 4.78 is 31.7. The molecule has 0 aliphatic carbocycles. The fourth-order valence-electron chi connectivity index (χ4n) is 2.34.